The molecule has 0 atom stereocenters. The number of nitrogens with one attached hydrogen (secondary N) is 1. The van der Waals surface area contributed by atoms with Crippen LogP contribution in [0.4, 0.5) is 0 Å². The first kappa shape index (κ1) is 16.2. The molecule has 1 N–H and O–H groups in total. The van der Waals surface area contributed by atoms with E-state index in [0.29, 0.717) is 12.1 Å². The fourth-order valence-corrected chi connectivity index (χ4v) is 2.77. The van der Waals surface area contributed by atoms with Crippen LogP contribution in [0.2, 0.25) is 0 Å². The number of hydrogen-bond acceptors (Lipinski definition) is 4. The maximum absolute atomic E-state index is 12.3. The third kappa shape index (κ3) is 4.00. The second-order valence-electron chi connectivity index (χ2n) is 5.20. The molecule has 0 unspecified atom stereocenters. The normalized spacial score (nSPS) is 10.4. The molecular formula is C19H17N3OS. The molecule has 1 aromatic carbocycles. The number of carbonyl (C=O) groups is 1. The standard InChI is InChI=1S/C19H17N3OS/c1-24-17-4-2-3-16(12-17)19(23)22-13-14-5-10-21-18(11-14)15-6-8-20-9-7-15/h2-12H,13H2,1H3,(H,22,23). The molecule has 3 aromatic rings. The van der Waals surface area contributed by atoms with Crippen molar-refractivity contribution >= 4 is 17.7 Å². The Hall–Kier alpha value is -2.66. The van der Waals surface area contributed by atoms with E-state index in [-0.39, 0.29) is 5.91 Å². The zero-order valence-electron chi connectivity index (χ0n) is 13.3. The Labute approximate surface area is 145 Å². The molecule has 24 heavy (non-hydrogen) atoms. The summed E-state index contributed by atoms with van der Waals surface area (Å²) in [5, 5.41) is 2.96. The van der Waals surface area contributed by atoms with Gasteiger partial charge in [0.05, 0.1) is 5.69 Å². The summed E-state index contributed by atoms with van der Waals surface area (Å²) in [5.41, 5.74) is 3.55. The van der Waals surface area contributed by atoms with Gasteiger partial charge in [-0.3, -0.25) is 14.8 Å². The van der Waals surface area contributed by atoms with Gasteiger partial charge in [0.25, 0.3) is 5.91 Å². The molecule has 0 fully saturated rings. The van der Waals surface area contributed by atoms with E-state index in [9.17, 15) is 4.79 Å². The number of carbonyl (C=O) groups excluding carboxylic acids is 1. The lowest BCUT2D eigenvalue weighted by atomic mass is 10.1. The monoisotopic (exact) mass is 335 g/mol. The predicted octanol–water partition coefficient (Wildman–Crippen LogP) is 3.80. The van der Waals surface area contributed by atoms with Crippen molar-refractivity contribution < 1.29 is 4.79 Å². The lowest BCUT2D eigenvalue weighted by Gasteiger charge is -2.08. The van der Waals surface area contributed by atoms with Gasteiger partial charge < -0.3 is 5.32 Å². The fraction of sp³-hybridized carbons (Fsp3) is 0.105. The van der Waals surface area contributed by atoms with Gasteiger partial charge in [-0.05, 0) is 54.3 Å². The quantitative estimate of drug-likeness (QED) is 0.721. The SMILES string of the molecule is CSc1cccc(C(=O)NCc2ccnc(-c3ccncc3)c2)c1. The van der Waals surface area contributed by atoms with Crippen molar-refractivity contribution in [3.8, 4) is 11.3 Å². The minimum atomic E-state index is -0.0758. The van der Waals surface area contributed by atoms with Crippen LogP contribution in [0.5, 0.6) is 0 Å². The van der Waals surface area contributed by atoms with Gasteiger partial charge in [-0.15, -0.1) is 11.8 Å². The molecule has 0 spiro atoms. The van der Waals surface area contributed by atoms with Gasteiger partial charge in [0.2, 0.25) is 0 Å². The highest BCUT2D eigenvalue weighted by Gasteiger charge is 2.07. The van der Waals surface area contributed by atoms with E-state index in [0.717, 1.165) is 21.7 Å². The van der Waals surface area contributed by atoms with Crippen LogP contribution in [0.25, 0.3) is 11.3 Å². The Morgan fingerprint density at radius 3 is 2.71 bits per heavy atom. The molecular weight excluding hydrogens is 318 g/mol. The number of aromatic nitrogens is 2. The summed E-state index contributed by atoms with van der Waals surface area (Å²) >= 11 is 1.62. The summed E-state index contributed by atoms with van der Waals surface area (Å²) < 4.78 is 0. The highest BCUT2D eigenvalue weighted by molar-refractivity contribution is 7.98. The molecule has 0 radical (unpaired) electrons. The fourth-order valence-electron chi connectivity index (χ4n) is 2.31. The van der Waals surface area contributed by atoms with Crippen molar-refractivity contribution in [3.63, 3.8) is 0 Å². The third-order valence-electron chi connectivity index (χ3n) is 3.59. The van der Waals surface area contributed by atoms with Crippen molar-refractivity contribution in [2.24, 2.45) is 0 Å². The van der Waals surface area contributed by atoms with Crippen molar-refractivity contribution in [3.05, 3.63) is 78.2 Å². The highest BCUT2D eigenvalue weighted by atomic mass is 32.2. The van der Waals surface area contributed by atoms with Crippen LogP contribution in [0.15, 0.2) is 72.0 Å². The van der Waals surface area contributed by atoms with E-state index in [2.05, 4.69) is 15.3 Å². The zero-order valence-corrected chi connectivity index (χ0v) is 14.1. The minimum absolute atomic E-state index is 0.0758. The average molecular weight is 335 g/mol. The largest absolute Gasteiger partial charge is 0.348 e. The summed E-state index contributed by atoms with van der Waals surface area (Å²) in [6.07, 6.45) is 7.23. The van der Waals surface area contributed by atoms with E-state index in [4.69, 9.17) is 0 Å². The molecule has 0 saturated heterocycles. The third-order valence-corrected chi connectivity index (χ3v) is 4.31. The van der Waals surface area contributed by atoms with Crippen LogP contribution >= 0.6 is 11.8 Å². The number of thioether (sulfide) groups is 1. The van der Waals surface area contributed by atoms with E-state index in [1.807, 2.05) is 54.8 Å². The van der Waals surface area contributed by atoms with Crippen LogP contribution in [-0.2, 0) is 6.54 Å². The maximum atomic E-state index is 12.3. The first-order valence-corrected chi connectivity index (χ1v) is 8.76. The predicted molar refractivity (Wildman–Crippen MR) is 96.9 cm³/mol. The Balaban J connectivity index is 1.69. The molecule has 0 aliphatic rings. The molecule has 1 amide bonds. The van der Waals surface area contributed by atoms with Crippen molar-refractivity contribution in [2.75, 3.05) is 6.26 Å². The summed E-state index contributed by atoms with van der Waals surface area (Å²) in [4.78, 5) is 21.8. The van der Waals surface area contributed by atoms with Gasteiger partial charge in [0, 0.05) is 41.2 Å². The second kappa shape index (κ2) is 7.75. The summed E-state index contributed by atoms with van der Waals surface area (Å²) in [6, 6.07) is 15.3. The molecule has 120 valence electrons. The van der Waals surface area contributed by atoms with Gasteiger partial charge in [0.1, 0.15) is 0 Å². The van der Waals surface area contributed by atoms with Crippen LogP contribution in [-0.4, -0.2) is 22.1 Å². The van der Waals surface area contributed by atoms with Crippen LogP contribution < -0.4 is 5.32 Å². The summed E-state index contributed by atoms with van der Waals surface area (Å²) in [7, 11) is 0. The van der Waals surface area contributed by atoms with Crippen LogP contribution in [0.1, 0.15) is 15.9 Å². The summed E-state index contributed by atoms with van der Waals surface area (Å²) in [6.45, 7) is 0.461. The van der Waals surface area contributed by atoms with Gasteiger partial charge in [-0.2, -0.15) is 0 Å². The number of rotatable bonds is 5. The van der Waals surface area contributed by atoms with Gasteiger partial charge in [0.15, 0.2) is 0 Å². The molecule has 2 heterocycles. The molecule has 0 bridgehead atoms. The highest BCUT2D eigenvalue weighted by Crippen LogP contribution is 2.17. The molecule has 0 aliphatic heterocycles. The van der Waals surface area contributed by atoms with Crippen LogP contribution in [0, 0.1) is 0 Å². The topological polar surface area (TPSA) is 54.9 Å². The van der Waals surface area contributed by atoms with Gasteiger partial charge >= 0.3 is 0 Å². The lowest BCUT2D eigenvalue weighted by molar-refractivity contribution is 0.0950. The second-order valence-corrected chi connectivity index (χ2v) is 6.08. The van der Waals surface area contributed by atoms with Gasteiger partial charge in [-0.1, -0.05) is 6.07 Å². The minimum Gasteiger partial charge on any atom is -0.348 e. The molecule has 0 aliphatic carbocycles. The Morgan fingerprint density at radius 2 is 1.92 bits per heavy atom. The average Bonchev–Trinajstić information content (AvgIpc) is 2.67. The lowest BCUT2D eigenvalue weighted by Crippen LogP contribution is -2.22. The Kier molecular flexibility index (Phi) is 5.23. The first-order chi connectivity index (χ1) is 11.8. The Bertz CT molecular complexity index is 837. The van der Waals surface area contributed by atoms with E-state index in [1.54, 1.807) is 30.4 Å². The molecule has 4 nitrogen and oxygen atoms in total. The van der Waals surface area contributed by atoms with Crippen molar-refractivity contribution in [2.45, 2.75) is 11.4 Å². The van der Waals surface area contributed by atoms with Crippen LogP contribution in [0.3, 0.4) is 0 Å². The molecule has 5 heteroatoms. The van der Waals surface area contributed by atoms with Crippen molar-refractivity contribution in [1.29, 1.82) is 0 Å². The van der Waals surface area contributed by atoms with E-state index >= 15 is 0 Å². The van der Waals surface area contributed by atoms with E-state index < -0.39 is 0 Å². The summed E-state index contributed by atoms with van der Waals surface area (Å²) in [5.74, 6) is -0.0758. The number of pyridine rings is 2. The van der Waals surface area contributed by atoms with E-state index in [1.165, 1.54) is 0 Å². The zero-order chi connectivity index (χ0) is 16.8. The number of amides is 1. The van der Waals surface area contributed by atoms with Crippen molar-refractivity contribution in [1.82, 2.24) is 15.3 Å². The smallest absolute Gasteiger partial charge is 0.251 e. The number of benzene rings is 1. The first-order valence-electron chi connectivity index (χ1n) is 7.54. The number of hydrogen-bond donors (Lipinski definition) is 1. The Morgan fingerprint density at radius 1 is 1.08 bits per heavy atom. The maximum Gasteiger partial charge on any atom is 0.251 e. The van der Waals surface area contributed by atoms with Gasteiger partial charge in [-0.25, -0.2) is 0 Å². The molecule has 3 rings (SSSR count). The molecule has 0 saturated carbocycles. The molecule has 2 aromatic heterocycles. The number of nitrogens with zero attached hydrogens (tertiary/aromatic N) is 2.